The molecule has 0 spiro atoms. The number of ether oxygens (including phenoxy) is 2. The van der Waals surface area contributed by atoms with E-state index in [0.717, 1.165) is 37.7 Å². The van der Waals surface area contributed by atoms with E-state index in [2.05, 4.69) is 24.1 Å². The second-order valence-corrected chi connectivity index (χ2v) is 6.55. The number of aromatic nitrogens is 1. The van der Waals surface area contributed by atoms with Crippen molar-refractivity contribution >= 4 is 11.6 Å². The summed E-state index contributed by atoms with van der Waals surface area (Å²) >= 11 is 0. The molecule has 0 unspecified atom stereocenters. The van der Waals surface area contributed by atoms with Crippen LogP contribution in [0.3, 0.4) is 0 Å². The van der Waals surface area contributed by atoms with E-state index < -0.39 is 5.60 Å². The number of hydrogen-bond donors (Lipinski definition) is 1. The van der Waals surface area contributed by atoms with Gasteiger partial charge in [-0.2, -0.15) is 0 Å². The number of carbonyl (C=O) groups excluding carboxylic acids is 1. The molecule has 2 rings (SSSR count). The van der Waals surface area contributed by atoms with Crippen LogP contribution < -0.4 is 10.1 Å². The zero-order valence-corrected chi connectivity index (χ0v) is 14.6. The molecule has 1 fully saturated rings. The van der Waals surface area contributed by atoms with Crippen LogP contribution in [0.1, 0.15) is 51.5 Å². The topological polar surface area (TPSA) is 60.5 Å². The first-order valence-corrected chi connectivity index (χ1v) is 8.47. The molecule has 5 nitrogen and oxygen atoms in total. The molecular weight excluding hydrogens is 292 g/mol. The zero-order valence-electron chi connectivity index (χ0n) is 14.6. The zero-order chi connectivity index (χ0) is 16.9. The van der Waals surface area contributed by atoms with Crippen molar-refractivity contribution in [3.8, 4) is 5.88 Å². The number of pyridine rings is 1. The van der Waals surface area contributed by atoms with Crippen LogP contribution in [-0.4, -0.2) is 30.2 Å². The summed E-state index contributed by atoms with van der Waals surface area (Å²) < 4.78 is 11.2. The fraction of sp³-hybridized carbons (Fsp3) is 0.667. The molecule has 1 heterocycles. The van der Waals surface area contributed by atoms with E-state index in [0.29, 0.717) is 24.1 Å². The smallest absolute Gasteiger partial charge is 0.256 e. The van der Waals surface area contributed by atoms with Crippen LogP contribution in [0.25, 0.3) is 0 Å². The fourth-order valence-electron chi connectivity index (χ4n) is 3.21. The molecule has 1 aliphatic carbocycles. The van der Waals surface area contributed by atoms with Crippen LogP contribution in [-0.2, 0) is 9.53 Å². The van der Waals surface area contributed by atoms with E-state index in [1.165, 1.54) is 0 Å². The highest BCUT2D eigenvalue weighted by Gasteiger charge is 2.42. The number of anilines is 1. The van der Waals surface area contributed by atoms with Gasteiger partial charge in [-0.05, 0) is 44.6 Å². The summed E-state index contributed by atoms with van der Waals surface area (Å²) in [4.78, 5) is 17.0. The monoisotopic (exact) mass is 320 g/mol. The van der Waals surface area contributed by atoms with Crippen LogP contribution in [0.2, 0.25) is 0 Å². The van der Waals surface area contributed by atoms with Gasteiger partial charge in [0, 0.05) is 12.7 Å². The van der Waals surface area contributed by atoms with Gasteiger partial charge in [-0.25, -0.2) is 4.98 Å². The third-order valence-electron chi connectivity index (χ3n) is 4.49. The molecule has 0 saturated heterocycles. The molecule has 1 amide bonds. The SMILES string of the molecule is CCCOc1ncc(NC(=O)[C@@]2(OC)CCC[C@H](C)C2)cc1C. The van der Waals surface area contributed by atoms with Crippen LogP contribution in [0.15, 0.2) is 12.3 Å². The highest BCUT2D eigenvalue weighted by atomic mass is 16.5. The van der Waals surface area contributed by atoms with Crippen molar-refractivity contribution in [2.24, 2.45) is 5.92 Å². The highest BCUT2D eigenvalue weighted by molar-refractivity contribution is 5.97. The van der Waals surface area contributed by atoms with E-state index >= 15 is 0 Å². The van der Waals surface area contributed by atoms with Gasteiger partial charge in [-0.15, -0.1) is 0 Å². The molecule has 23 heavy (non-hydrogen) atoms. The largest absolute Gasteiger partial charge is 0.477 e. The first-order chi connectivity index (χ1) is 11.0. The summed E-state index contributed by atoms with van der Waals surface area (Å²) in [5.74, 6) is 1.05. The molecule has 1 aliphatic rings. The van der Waals surface area contributed by atoms with Crippen molar-refractivity contribution in [1.29, 1.82) is 0 Å². The average molecular weight is 320 g/mol. The molecule has 1 N–H and O–H groups in total. The Morgan fingerprint density at radius 2 is 2.30 bits per heavy atom. The summed E-state index contributed by atoms with van der Waals surface area (Å²) in [7, 11) is 1.63. The molecule has 1 saturated carbocycles. The summed E-state index contributed by atoms with van der Waals surface area (Å²) in [6.07, 6.45) is 6.29. The standard InChI is InChI=1S/C18H28N2O3/c1-5-9-23-16-14(3)10-15(12-19-16)20-17(21)18(22-4)8-6-7-13(2)11-18/h10,12-13H,5-9,11H2,1-4H3,(H,20,21)/t13-,18+/m0/s1. The van der Waals surface area contributed by atoms with Gasteiger partial charge in [0.1, 0.15) is 5.60 Å². The van der Waals surface area contributed by atoms with Crippen LogP contribution >= 0.6 is 0 Å². The lowest BCUT2D eigenvalue weighted by molar-refractivity contribution is -0.143. The minimum atomic E-state index is -0.719. The lowest BCUT2D eigenvalue weighted by Gasteiger charge is -2.37. The first-order valence-electron chi connectivity index (χ1n) is 8.47. The van der Waals surface area contributed by atoms with Crippen molar-refractivity contribution in [3.05, 3.63) is 17.8 Å². The van der Waals surface area contributed by atoms with Crippen molar-refractivity contribution in [1.82, 2.24) is 4.98 Å². The normalized spacial score (nSPS) is 24.3. The number of methoxy groups -OCH3 is 1. The first kappa shape index (κ1) is 17.7. The number of carbonyl (C=O) groups is 1. The minimum absolute atomic E-state index is 0.0741. The van der Waals surface area contributed by atoms with Gasteiger partial charge >= 0.3 is 0 Å². The van der Waals surface area contributed by atoms with E-state index in [1.807, 2.05) is 13.0 Å². The number of rotatable bonds is 6. The van der Waals surface area contributed by atoms with Crippen molar-refractivity contribution in [2.75, 3.05) is 19.0 Å². The Morgan fingerprint density at radius 1 is 1.52 bits per heavy atom. The number of hydrogen-bond acceptors (Lipinski definition) is 4. The van der Waals surface area contributed by atoms with Gasteiger partial charge in [0.05, 0.1) is 18.5 Å². The Bertz CT molecular complexity index is 547. The van der Waals surface area contributed by atoms with E-state index in [-0.39, 0.29) is 5.91 Å². The maximum Gasteiger partial charge on any atom is 0.256 e. The minimum Gasteiger partial charge on any atom is -0.477 e. The average Bonchev–Trinajstić information content (AvgIpc) is 2.54. The van der Waals surface area contributed by atoms with E-state index in [9.17, 15) is 4.79 Å². The maximum atomic E-state index is 12.7. The highest BCUT2D eigenvalue weighted by Crippen LogP contribution is 2.35. The molecular formula is C18H28N2O3. The molecule has 1 aromatic rings. The molecule has 0 bridgehead atoms. The Morgan fingerprint density at radius 3 is 2.91 bits per heavy atom. The number of amides is 1. The Balaban J connectivity index is 2.08. The molecule has 2 atom stereocenters. The Labute approximate surface area is 138 Å². The Kier molecular flexibility index (Phi) is 5.99. The van der Waals surface area contributed by atoms with Gasteiger partial charge < -0.3 is 14.8 Å². The molecule has 5 heteroatoms. The Hall–Kier alpha value is -1.62. The van der Waals surface area contributed by atoms with Gasteiger partial charge in [-0.1, -0.05) is 20.3 Å². The summed E-state index contributed by atoms with van der Waals surface area (Å²) in [5, 5.41) is 2.97. The van der Waals surface area contributed by atoms with Crippen molar-refractivity contribution < 1.29 is 14.3 Å². The van der Waals surface area contributed by atoms with Gasteiger partial charge in [0.25, 0.3) is 5.91 Å². The lowest BCUT2D eigenvalue weighted by atomic mass is 9.78. The van der Waals surface area contributed by atoms with Crippen LogP contribution in [0, 0.1) is 12.8 Å². The molecule has 0 aliphatic heterocycles. The number of nitrogens with zero attached hydrogens (tertiary/aromatic N) is 1. The summed E-state index contributed by atoms with van der Waals surface area (Å²) in [6, 6.07) is 1.89. The van der Waals surface area contributed by atoms with Gasteiger partial charge in [0.15, 0.2) is 0 Å². The fourth-order valence-corrected chi connectivity index (χ4v) is 3.21. The second kappa shape index (κ2) is 7.77. The second-order valence-electron chi connectivity index (χ2n) is 6.55. The summed E-state index contributed by atoms with van der Waals surface area (Å²) in [6.45, 7) is 6.80. The third kappa shape index (κ3) is 4.22. The lowest BCUT2D eigenvalue weighted by Crippen LogP contribution is -2.47. The molecule has 0 aromatic carbocycles. The predicted molar refractivity (Wildman–Crippen MR) is 90.8 cm³/mol. The van der Waals surface area contributed by atoms with Crippen molar-refractivity contribution in [2.45, 2.75) is 58.5 Å². The number of nitrogens with one attached hydrogen (secondary N) is 1. The van der Waals surface area contributed by atoms with Crippen molar-refractivity contribution in [3.63, 3.8) is 0 Å². The van der Waals surface area contributed by atoms with Gasteiger partial charge in [-0.3, -0.25) is 4.79 Å². The van der Waals surface area contributed by atoms with E-state index in [4.69, 9.17) is 9.47 Å². The van der Waals surface area contributed by atoms with E-state index in [1.54, 1.807) is 13.3 Å². The van der Waals surface area contributed by atoms with Crippen LogP contribution in [0.5, 0.6) is 5.88 Å². The quantitative estimate of drug-likeness (QED) is 0.868. The predicted octanol–water partition coefficient (Wildman–Crippen LogP) is 3.71. The molecule has 1 aromatic heterocycles. The molecule has 0 radical (unpaired) electrons. The third-order valence-corrected chi connectivity index (χ3v) is 4.49. The maximum absolute atomic E-state index is 12.7. The number of aryl methyl sites for hydroxylation is 1. The van der Waals surface area contributed by atoms with Crippen LogP contribution in [0.4, 0.5) is 5.69 Å². The summed E-state index contributed by atoms with van der Waals surface area (Å²) in [5.41, 5.74) is 0.883. The van der Waals surface area contributed by atoms with Gasteiger partial charge in [0.2, 0.25) is 5.88 Å². The molecule has 128 valence electrons.